The Labute approximate surface area is 109 Å². The van der Waals surface area contributed by atoms with Crippen LogP contribution in [0.3, 0.4) is 0 Å². The number of carbonyl (C=O) groups is 1. The van der Waals surface area contributed by atoms with Gasteiger partial charge in [-0.15, -0.1) is 0 Å². The van der Waals surface area contributed by atoms with E-state index in [1.54, 1.807) is 13.8 Å². The lowest BCUT2D eigenvalue weighted by atomic mass is 10.0. The largest absolute Gasteiger partial charge is 0.480 e. The van der Waals surface area contributed by atoms with Gasteiger partial charge >= 0.3 is 5.97 Å². The molecule has 1 rings (SSSR count). The Morgan fingerprint density at radius 1 is 1.50 bits per heavy atom. The first-order valence-corrected chi connectivity index (χ1v) is 5.64. The molecule has 0 saturated carbocycles. The molecule has 1 aromatic rings. The molecule has 0 spiro atoms. The van der Waals surface area contributed by atoms with Gasteiger partial charge < -0.3 is 10.4 Å². The fourth-order valence-electron chi connectivity index (χ4n) is 1.44. The van der Waals surface area contributed by atoms with Crippen molar-refractivity contribution in [1.29, 1.82) is 0 Å². The Hall–Kier alpha value is -1.82. The Morgan fingerprint density at radius 3 is 2.56 bits per heavy atom. The number of carboxylic acids is 1. The summed E-state index contributed by atoms with van der Waals surface area (Å²) in [6, 6.07) is 3.28. The second kappa shape index (κ2) is 5.68. The number of nitro benzene ring substituents is 1. The Kier molecular flexibility index (Phi) is 4.49. The molecule has 0 aliphatic heterocycles. The molecule has 0 bridgehead atoms. The molecule has 98 valence electrons. The van der Waals surface area contributed by atoms with E-state index in [0.29, 0.717) is 5.69 Å². The molecular weight excluding hydrogens is 260 g/mol. The van der Waals surface area contributed by atoms with Crippen molar-refractivity contribution in [1.82, 2.24) is 0 Å². The molecule has 0 unspecified atom stereocenters. The zero-order valence-corrected chi connectivity index (χ0v) is 10.6. The van der Waals surface area contributed by atoms with E-state index in [2.05, 4.69) is 5.32 Å². The summed E-state index contributed by atoms with van der Waals surface area (Å²) in [5.74, 6) is -1.17. The minimum absolute atomic E-state index is 0.0157. The smallest absolute Gasteiger partial charge is 0.326 e. The summed E-state index contributed by atoms with van der Waals surface area (Å²) >= 11 is 5.67. The van der Waals surface area contributed by atoms with Gasteiger partial charge in [0.15, 0.2) is 0 Å². The lowest BCUT2D eigenvalue weighted by Crippen LogP contribution is -2.34. The number of aliphatic carboxylic acids is 1. The number of carboxylic acid groups (broad SMARTS) is 1. The average molecular weight is 273 g/mol. The van der Waals surface area contributed by atoms with Crippen LogP contribution in [0.1, 0.15) is 13.8 Å². The maximum Gasteiger partial charge on any atom is 0.326 e. The highest BCUT2D eigenvalue weighted by Gasteiger charge is 2.22. The maximum atomic E-state index is 11.0. The summed E-state index contributed by atoms with van der Waals surface area (Å²) in [6.07, 6.45) is 0. The molecule has 0 aromatic heterocycles. The number of halogens is 1. The van der Waals surface area contributed by atoms with Gasteiger partial charge in [-0.1, -0.05) is 25.4 Å². The van der Waals surface area contributed by atoms with E-state index in [-0.39, 0.29) is 16.6 Å². The SMILES string of the molecule is CC(C)[C@H](Nc1ccc(Cl)c([N+](=O)[O-])c1)C(=O)O. The van der Waals surface area contributed by atoms with Crippen LogP contribution in [0.15, 0.2) is 18.2 Å². The van der Waals surface area contributed by atoms with Crippen LogP contribution in [0, 0.1) is 16.0 Å². The van der Waals surface area contributed by atoms with Crippen LogP contribution >= 0.6 is 11.6 Å². The summed E-state index contributed by atoms with van der Waals surface area (Å²) < 4.78 is 0. The third-order valence-electron chi connectivity index (χ3n) is 2.40. The van der Waals surface area contributed by atoms with Crippen molar-refractivity contribution < 1.29 is 14.8 Å². The van der Waals surface area contributed by atoms with Gasteiger partial charge in [0.1, 0.15) is 11.1 Å². The van der Waals surface area contributed by atoms with Crippen molar-refractivity contribution in [3.05, 3.63) is 33.3 Å². The number of nitrogens with one attached hydrogen (secondary N) is 1. The van der Waals surface area contributed by atoms with Crippen molar-refractivity contribution >= 4 is 28.9 Å². The molecule has 0 aliphatic carbocycles. The lowest BCUT2D eigenvalue weighted by molar-refractivity contribution is -0.384. The van der Waals surface area contributed by atoms with Crippen molar-refractivity contribution in [2.24, 2.45) is 5.92 Å². The Balaban J connectivity index is 3.01. The second-order valence-corrected chi connectivity index (χ2v) is 4.53. The number of rotatable bonds is 5. The van der Waals surface area contributed by atoms with Crippen molar-refractivity contribution in [3.8, 4) is 0 Å². The molecular formula is C11H13ClN2O4. The van der Waals surface area contributed by atoms with E-state index in [9.17, 15) is 14.9 Å². The summed E-state index contributed by atoms with van der Waals surface area (Å²) in [5, 5.41) is 22.5. The topological polar surface area (TPSA) is 92.5 Å². The van der Waals surface area contributed by atoms with Gasteiger partial charge in [0, 0.05) is 11.8 Å². The van der Waals surface area contributed by atoms with Gasteiger partial charge in [0.2, 0.25) is 0 Å². The number of hydrogen-bond acceptors (Lipinski definition) is 4. The van der Waals surface area contributed by atoms with Crippen LogP contribution in [0.4, 0.5) is 11.4 Å². The van der Waals surface area contributed by atoms with Crippen molar-refractivity contribution in [3.63, 3.8) is 0 Å². The van der Waals surface area contributed by atoms with E-state index >= 15 is 0 Å². The van der Waals surface area contributed by atoms with Crippen LogP contribution in [0.5, 0.6) is 0 Å². The van der Waals surface area contributed by atoms with Gasteiger partial charge in [0.05, 0.1) is 4.92 Å². The quantitative estimate of drug-likeness (QED) is 0.635. The summed E-state index contributed by atoms with van der Waals surface area (Å²) in [4.78, 5) is 21.1. The van der Waals surface area contributed by atoms with E-state index < -0.39 is 16.9 Å². The molecule has 6 nitrogen and oxygen atoms in total. The monoisotopic (exact) mass is 272 g/mol. The van der Waals surface area contributed by atoms with Gasteiger partial charge in [-0.25, -0.2) is 4.79 Å². The molecule has 0 heterocycles. The minimum Gasteiger partial charge on any atom is -0.480 e. The number of anilines is 1. The fraction of sp³-hybridized carbons (Fsp3) is 0.364. The van der Waals surface area contributed by atoms with Crippen LogP contribution in [0.2, 0.25) is 5.02 Å². The third kappa shape index (κ3) is 3.33. The predicted molar refractivity (Wildman–Crippen MR) is 68.0 cm³/mol. The minimum atomic E-state index is -1.01. The summed E-state index contributed by atoms with van der Waals surface area (Å²) in [6.45, 7) is 3.49. The Bertz CT molecular complexity index is 476. The van der Waals surface area contributed by atoms with Crippen LogP contribution in [-0.2, 0) is 4.79 Å². The summed E-state index contributed by atoms with van der Waals surface area (Å²) in [7, 11) is 0. The highest BCUT2D eigenvalue weighted by Crippen LogP contribution is 2.28. The molecule has 0 radical (unpaired) electrons. The first kappa shape index (κ1) is 14.2. The third-order valence-corrected chi connectivity index (χ3v) is 2.72. The first-order valence-electron chi connectivity index (χ1n) is 5.26. The first-order chi connectivity index (χ1) is 8.32. The molecule has 0 fully saturated rings. The summed E-state index contributed by atoms with van der Waals surface area (Å²) in [5.41, 5.74) is 0.0989. The number of nitro groups is 1. The van der Waals surface area contributed by atoms with E-state index in [4.69, 9.17) is 16.7 Å². The zero-order valence-electron chi connectivity index (χ0n) is 9.88. The standard InChI is InChI=1S/C11H13ClN2O4/c1-6(2)10(11(15)16)13-7-3-4-8(12)9(5-7)14(17)18/h3-6,10,13H,1-2H3,(H,15,16)/t10-/m0/s1. The van der Waals surface area contributed by atoms with Crippen LogP contribution in [0.25, 0.3) is 0 Å². The molecule has 0 amide bonds. The molecule has 1 aromatic carbocycles. The van der Waals surface area contributed by atoms with Crippen LogP contribution < -0.4 is 5.32 Å². The lowest BCUT2D eigenvalue weighted by Gasteiger charge is -2.19. The molecule has 7 heteroatoms. The highest BCUT2D eigenvalue weighted by atomic mass is 35.5. The van der Waals surface area contributed by atoms with Gasteiger partial charge in [-0.2, -0.15) is 0 Å². The fourth-order valence-corrected chi connectivity index (χ4v) is 1.62. The molecule has 0 saturated heterocycles. The van der Waals surface area contributed by atoms with Crippen molar-refractivity contribution in [2.45, 2.75) is 19.9 Å². The molecule has 1 atom stereocenters. The van der Waals surface area contributed by atoms with Crippen LogP contribution in [-0.4, -0.2) is 22.0 Å². The van der Waals surface area contributed by atoms with E-state index in [1.165, 1.54) is 18.2 Å². The molecule has 0 aliphatic rings. The van der Waals surface area contributed by atoms with Crippen molar-refractivity contribution in [2.75, 3.05) is 5.32 Å². The highest BCUT2D eigenvalue weighted by molar-refractivity contribution is 6.32. The average Bonchev–Trinajstić information content (AvgIpc) is 2.26. The maximum absolute atomic E-state index is 11.0. The van der Waals surface area contributed by atoms with Gasteiger partial charge in [-0.05, 0) is 18.1 Å². The van der Waals surface area contributed by atoms with E-state index in [1.807, 2.05) is 0 Å². The number of hydrogen-bond donors (Lipinski definition) is 2. The predicted octanol–water partition coefficient (Wildman–Crippen LogP) is 2.77. The molecule has 2 N–H and O–H groups in total. The second-order valence-electron chi connectivity index (χ2n) is 4.13. The number of nitrogens with zero attached hydrogens (tertiary/aromatic N) is 1. The number of benzene rings is 1. The normalized spacial score (nSPS) is 12.2. The Morgan fingerprint density at radius 2 is 2.11 bits per heavy atom. The van der Waals surface area contributed by atoms with Gasteiger partial charge in [0.25, 0.3) is 5.69 Å². The van der Waals surface area contributed by atoms with Gasteiger partial charge in [-0.3, -0.25) is 10.1 Å². The van der Waals surface area contributed by atoms with E-state index in [0.717, 1.165) is 0 Å². The molecule has 18 heavy (non-hydrogen) atoms. The zero-order chi connectivity index (χ0) is 13.9.